The van der Waals surface area contributed by atoms with E-state index in [9.17, 15) is 0 Å². The molecule has 0 heterocycles. The Kier molecular flexibility index (Phi) is 4.51. The predicted octanol–water partition coefficient (Wildman–Crippen LogP) is 3.28. The average molecular weight is 253 g/mol. The van der Waals surface area contributed by atoms with Crippen LogP contribution in [0.4, 0.5) is 0 Å². The van der Waals surface area contributed by atoms with Crippen molar-refractivity contribution in [2.45, 2.75) is 6.92 Å². The molecule has 90 valence electrons. The van der Waals surface area contributed by atoms with Gasteiger partial charge in [0.15, 0.2) is 0 Å². The summed E-state index contributed by atoms with van der Waals surface area (Å²) in [7, 11) is -0.419. The van der Waals surface area contributed by atoms with Crippen LogP contribution in [0.1, 0.15) is 6.92 Å². The van der Waals surface area contributed by atoms with Gasteiger partial charge in [0.05, 0.1) is 6.07 Å². The van der Waals surface area contributed by atoms with Gasteiger partial charge in [0.1, 0.15) is 0 Å². The smallest absolute Gasteiger partial charge is 0.0656 e. The van der Waals surface area contributed by atoms with Gasteiger partial charge in [-0.3, -0.25) is 0 Å². The Morgan fingerprint density at radius 3 is 1.78 bits per heavy atom. The topological polar surface area (TPSA) is 23.8 Å². The van der Waals surface area contributed by atoms with Crippen LogP contribution < -0.4 is 10.6 Å². The summed E-state index contributed by atoms with van der Waals surface area (Å²) in [6.07, 6.45) is 0.930. The molecule has 0 saturated heterocycles. The summed E-state index contributed by atoms with van der Waals surface area (Å²) in [4.78, 5) is 0. The first-order chi connectivity index (χ1) is 8.81. The lowest BCUT2D eigenvalue weighted by molar-refractivity contribution is 0.860. The van der Waals surface area contributed by atoms with Crippen LogP contribution in [-0.2, 0) is 0 Å². The maximum absolute atomic E-state index is 9.04. The molecule has 18 heavy (non-hydrogen) atoms. The second-order valence-electron chi connectivity index (χ2n) is 4.31. The minimum absolute atomic E-state index is 0.0940. The Bertz CT molecular complexity index is 476. The van der Waals surface area contributed by atoms with Gasteiger partial charge in [-0.25, -0.2) is 0 Å². The van der Waals surface area contributed by atoms with Gasteiger partial charge in [0.2, 0.25) is 0 Å². The fraction of sp³-hybridized carbons (Fsp3) is 0.188. The molecule has 0 fully saturated rings. The van der Waals surface area contributed by atoms with E-state index in [2.05, 4.69) is 54.6 Å². The summed E-state index contributed by atoms with van der Waals surface area (Å²) in [6.45, 7) is 2.00. The Morgan fingerprint density at radius 1 is 0.944 bits per heavy atom. The lowest BCUT2D eigenvalue weighted by atomic mass is 10.3. The van der Waals surface area contributed by atoms with Gasteiger partial charge in [-0.1, -0.05) is 60.7 Å². The number of nitriles is 1. The molecule has 1 nitrogen and oxygen atoms in total. The summed E-state index contributed by atoms with van der Waals surface area (Å²) in [6, 6.07) is 23.4. The maximum atomic E-state index is 9.04. The minimum atomic E-state index is -0.419. The monoisotopic (exact) mass is 253 g/mol. The van der Waals surface area contributed by atoms with Crippen LogP contribution in [0.25, 0.3) is 0 Å². The van der Waals surface area contributed by atoms with E-state index >= 15 is 0 Å². The summed E-state index contributed by atoms with van der Waals surface area (Å²) in [5.41, 5.74) is 0. The van der Waals surface area contributed by atoms with E-state index in [1.54, 1.807) is 0 Å². The third kappa shape index (κ3) is 3.19. The standard InChI is InChI=1S/C16H16NP/c1-14(12-17)13-18(15-8-4-2-5-9-15)16-10-6-3-7-11-16/h2-11,14H,13H2,1H3. The van der Waals surface area contributed by atoms with Crippen LogP contribution in [0, 0.1) is 17.2 Å². The van der Waals surface area contributed by atoms with Gasteiger partial charge in [0.25, 0.3) is 0 Å². The molecule has 0 amide bonds. The molecular formula is C16H16NP. The van der Waals surface area contributed by atoms with Crippen molar-refractivity contribution >= 4 is 18.5 Å². The molecule has 2 rings (SSSR count). The predicted molar refractivity (Wildman–Crippen MR) is 78.7 cm³/mol. The third-order valence-corrected chi connectivity index (χ3v) is 5.57. The number of benzene rings is 2. The van der Waals surface area contributed by atoms with E-state index < -0.39 is 7.92 Å². The van der Waals surface area contributed by atoms with Crippen molar-refractivity contribution in [1.82, 2.24) is 0 Å². The second-order valence-corrected chi connectivity index (χ2v) is 6.57. The molecule has 0 bridgehead atoms. The number of hydrogen-bond donors (Lipinski definition) is 0. The zero-order chi connectivity index (χ0) is 12.8. The van der Waals surface area contributed by atoms with Crippen molar-refractivity contribution in [3.05, 3.63) is 60.7 Å². The van der Waals surface area contributed by atoms with Gasteiger partial charge in [-0.05, 0) is 31.6 Å². The average Bonchev–Trinajstić information content (AvgIpc) is 2.46. The fourth-order valence-electron chi connectivity index (χ4n) is 1.89. The van der Waals surface area contributed by atoms with Gasteiger partial charge in [0, 0.05) is 5.92 Å². The van der Waals surface area contributed by atoms with E-state index in [4.69, 9.17) is 5.26 Å². The molecule has 2 heteroatoms. The van der Waals surface area contributed by atoms with Crippen LogP contribution in [0.15, 0.2) is 60.7 Å². The lowest BCUT2D eigenvalue weighted by Crippen LogP contribution is -2.16. The molecule has 0 N–H and O–H groups in total. The van der Waals surface area contributed by atoms with Crippen molar-refractivity contribution in [1.29, 1.82) is 5.26 Å². The first-order valence-corrected chi connectivity index (χ1v) is 7.61. The van der Waals surface area contributed by atoms with Crippen molar-refractivity contribution < 1.29 is 0 Å². The molecule has 0 saturated carbocycles. The highest BCUT2D eigenvalue weighted by molar-refractivity contribution is 7.73. The van der Waals surface area contributed by atoms with E-state index in [0.717, 1.165) is 6.16 Å². The first kappa shape index (κ1) is 12.8. The summed E-state index contributed by atoms with van der Waals surface area (Å²) in [5.74, 6) is 0.0940. The molecule has 0 aliphatic carbocycles. The van der Waals surface area contributed by atoms with E-state index in [0.29, 0.717) is 0 Å². The summed E-state index contributed by atoms with van der Waals surface area (Å²) >= 11 is 0. The minimum Gasteiger partial charge on any atom is -0.198 e. The van der Waals surface area contributed by atoms with Crippen molar-refractivity contribution in [2.24, 2.45) is 5.92 Å². The third-order valence-electron chi connectivity index (χ3n) is 2.81. The quantitative estimate of drug-likeness (QED) is 0.767. The van der Waals surface area contributed by atoms with Crippen LogP contribution >= 0.6 is 7.92 Å². The number of hydrogen-bond acceptors (Lipinski definition) is 1. The molecule has 0 spiro atoms. The molecule has 2 aromatic rings. The highest BCUT2D eigenvalue weighted by atomic mass is 31.1. The van der Waals surface area contributed by atoms with E-state index in [-0.39, 0.29) is 5.92 Å². The molecular weight excluding hydrogens is 237 g/mol. The Balaban J connectivity index is 2.33. The van der Waals surface area contributed by atoms with Crippen LogP contribution in [0.2, 0.25) is 0 Å². The van der Waals surface area contributed by atoms with E-state index in [1.165, 1.54) is 10.6 Å². The number of nitrogens with zero attached hydrogens (tertiary/aromatic N) is 1. The van der Waals surface area contributed by atoms with Crippen molar-refractivity contribution in [3.8, 4) is 6.07 Å². The molecule has 0 aliphatic heterocycles. The molecule has 0 aromatic heterocycles. The van der Waals surface area contributed by atoms with Crippen molar-refractivity contribution in [2.75, 3.05) is 6.16 Å². The fourth-order valence-corrected chi connectivity index (χ4v) is 4.30. The summed E-state index contributed by atoms with van der Waals surface area (Å²) in [5, 5.41) is 11.7. The normalized spacial score (nSPS) is 12.1. The van der Waals surface area contributed by atoms with Gasteiger partial charge in [-0.2, -0.15) is 5.26 Å². The van der Waals surface area contributed by atoms with E-state index in [1.807, 2.05) is 19.1 Å². The molecule has 0 aliphatic rings. The van der Waals surface area contributed by atoms with Gasteiger partial charge >= 0.3 is 0 Å². The second kappa shape index (κ2) is 6.34. The molecule has 2 aromatic carbocycles. The Labute approximate surface area is 110 Å². The molecule has 1 atom stereocenters. The van der Waals surface area contributed by atoms with Gasteiger partial charge in [-0.15, -0.1) is 0 Å². The lowest BCUT2D eigenvalue weighted by Gasteiger charge is -2.19. The highest BCUT2D eigenvalue weighted by Gasteiger charge is 2.16. The number of rotatable bonds is 4. The Morgan fingerprint density at radius 2 is 1.39 bits per heavy atom. The molecule has 1 unspecified atom stereocenters. The van der Waals surface area contributed by atoms with Crippen LogP contribution in [-0.4, -0.2) is 6.16 Å². The first-order valence-electron chi connectivity index (χ1n) is 6.08. The van der Waals surface area contributed by atoms with Crippen molar-refractivity contribution in [3.63, 3.8) is 0 Å². The zero-order valence-electron chi connectivity index (χ0n) is 10.5. The highest BCUT2D eigenvalue weighted by Crippen LogP contribution is 2.35. The summed E-state index contributed by atoms with van der Waals surface area (Å²) < 4.78 is 0. The zero-order valence-corrected chi connectivity index (χ0v) is 11.3. The van der Waals surface area contributed by atoms with Crippen LogP contribution in [0.3, 0.4) is 0 Å². The molecule has 0 radical (unpaired) electrons. The van der Waals surface area contributed by atoms with Crippen LogP contribution in [0.5, 0.6) is 0 Å². The Hall–Kier alpha value is -1.64. The van der Waals surface area contributed by atoms with Gasteiger partial charge < -0.3 is 0 Å². The SMILES string of the molecule is CC(C#N)CP(c1ccccc1)c1ccccc1. The largest absolute Gasteiger partial charge is 0.198 e. The maximum Gasteiger partial charge on any atom is 0.0656 e.